The molecule has 0 aromatic heterocycles. The molecule has 12 heavy (non-hydrogen) atoms. The molecule has 1 aliphatic heterocycles. The molecule has 0 N–H and O–H groups in total. The lowest BCUT2D eigenvalue weighted by Crippen LogP contribution is -1.85. The van der Waals surface area contributed by atoms with Crippen molar-refractivity contribution in [2.45, 2.75) is 0 Å². The fraction of sp³-hybridized carbons (Fsp3) is 0.111. The van der Waals surface area contributed by atoms with Crippen molar-refractivity contribution in [3.8, 4) is 5.75 Å². The lowest BCUT2D eigenvalue weighted by Gasteiger charge is -1.98. The van der Waals surface area contributed by atoms with Gasteiger partial charge in [-0.05, 0) is 5.57 Å². The summed E-state index contributed by atoms with van der Waals surface area (Å²) in [5.41, 5.74) is 0.860. The van der Waals surface area contributed by atoms with Crippen LogP contribution in [0.15, 0.2) is 18.7 Å². The molecule has 0 unspecified atom stereocenters. The van der Waals surface area contributed by atoms with Gasteiger partial charge in [0, 0.05) is 12.1 Å². The summed E-state index contributed by atoms with van der Waals surface area (Å²) in [6.07, 6.45) is 0. The average molecular weight is 168 g/mol. The number of hydrogen-bond donors (Lipinski definition) is 0. The van der Waals surface area contributed by atoms with E-state index in [1.807, 2.05) is 0 Å². The quantitative estimate of drug-likeness (QED) is 0.577. The third-order valence-corrected chi connectivity index (χ3v) is 1.77. The van der Waals surface area contributed by atoms with Crippen LogP contribution < -0.4 is 4.74 Å². The van der Waals surface area contributed by atoms with Crippen LogP contribution in [-0.2, 0) is 0 Å². The van der Waals surface area contributed by atoms with Crippen molar-refractivity contribution in [1.29, 1.82) is 0 Å². The Bertz CT molecular complexity index is 358. The number of hydrogen-bond acceptors (Lipinski definition) is 1. The standard InChI is InChI=1S/C9H6F2O/c1-5-4-12-8-3-6(10)2-7(11)9(5)8/h2-3H,1,4H2. The van der Waals surface area contributed by atoms with E-state index in [1.165, 1.54) is 0 Å². The molecule has 0 radical (unpaired) electrons. The SMILES string of the molecule is C=C1COc2cc(F)cc(F)c21. The maximum Gasteiger partial charge on any atom is 0.137 e. The van der Waals surface area contributed by atoms with E-state index in [0.717, 1.165) is 12.1 Å². The molecule has 0 aliphatic carbocycles. The molecular formula is C9H6F2O. The highest BCUT2D eigenvalue weighted by Gasteiger charge is 2.21. The van der Waals surface area contributed by atoms with Gasteiger partial charge in [0.25, 0.3) is 0 Å². The molecule has 3 heteroatoms. The van der Waals surface area contributed by atoms with Gasteiger partial charge in [-0.1, -0.05) is 6.58 Å². The Morgan fingerprint density at radius 1 is 1.33 bits per heavy atom. The van der Waals surface area contributed by atoms with Crippen molar-refractivity contribution in [1.82, 2.24) is 0 Å². The van der Waals surface area contributed by atoms with E-state index in [-0.39, 0.29) is 12.4 Å². The second-order valence-electron chi connectivity index (χ2n) is 2.65. The van der Waals surface area contributed by atoms with E-state index in [0.29, 0.717) is 11.1 Å². The van der Waals surface area contributed by atoms with Crippen LogP contribution >= 0.6 is 0 Å². The van der Waals surface area contributed by atoms with Crippen molar-refractivity contribution < 1.29 is 13.5 Å². The van der Waals surface area contributed by atoms with Crippen LogP contribution in [-0.4, -0.2) is 6.61 Å². The molecule has 0 fully saturated rings. The van der Waals surface area contributed by atoms with Gasteiger partial charge in [-0.2, -0.15) is 0 Å². The summed E-state index contributed by atoms with van der Waals surface area (Å²) in [4.78, 5) is 0. The van der Waals surface area contributed by atoms with Crippen LogP contribution in [0.3, 0.4) is 0 Å². The van der Waals surface area contributed by atoms with Gasteiger partial charge < -0.3 is 4.74 Å². The van der Waals surface area contributed by atoms with Crippen LogP contribution in [0, 0.1) is 11.6 Å². The second kappa shape index (κ2) is 2.30. The first kappa shape index (κ1) is 7.28. The molecule has 1 nitrogen and oxygen atoms in total. The number of rotatable bonds is 0. The number of halogens is 2. The summed E-state index contributed by atoms with van der Waals surface area (Å²) >= 11 is 0. The van der Waals surface area contributed by atoms with Gasteiger partial charge in [-0.15, -0.1) is 0 Å². The number of fused-ring (bicyclic) bond motifs is 1. The fourth-order valence-electron chi connectivity index (χ4n) is 1.24. The summed E-state index contributed by atoms with van der Waals surface area (Å²) in [5.74, 6) is -0.981. The number of benzene rings is 1. The van der Waals surface area contributed by atoms with E-state index in [2.05, 4.69) is 6.58 Å². The van der Waals surface area contributed by atoms with Gasteiger partial charge in [-0.3, -0.25) is 0 Å². The first-order chi connectivity index (χ1) is 5.68. The average Bonchev–Trinajstić information content (AvgIpc) is 2.31. The van der Waals surface area contributed by atoms with Crippen LogP contribution in [0.25, 0.3) is 5.57 Å². The van der Waals surface area contributed by atoms with E-state index >= 15 is 0 Å². The van der Waals surface area contributed by atoms with Gasteiger partial charge in [0.15, 0.2) is 0 Å². The van der Waals surface area contributed by atoms with Gasteiger partial charge in [-0.25, -0.2) is 8.78 Å². The largest absolute Gasteiger partial charge is 0.488 e. The van der Waals surface area contributed by atoms with Gasteiger partial charge >= 0.3 is 0 Å². The zero-order valence-electron chi connectivity index (χ0n) is 6.23. The Morgan fingerprint density at radius 3 is 2.83 bits per heavy atom. The molecule has 1 aliphatic rings. The molecule has 1 aromatic rings. The molecule has 62 valence electrons. The molecule has 0 amide bonds. The predicted octanol–water partition coefficient (Wildman–Crippen LogP) is 2.37. The zero-order valence-corrected chi connectivity index (χ0v) is 6.23. The van der Waals surface area contributed by atoms with E-state index in [4.69, 9.17) is 4.74 Å². The zero-order chi connectivity index (χ0) is 8.72. The smallest absolute Gasteiger partial charge is 0.137 e. The van der Waals surface area contributed by atoms with Gasteiger partial charge in [0.1, 0.15) is 24.0 Å². The lowest BCUT2D eigenvalue weighted by atomic mass is 10.1. The summed E-state index contributed by atoms with van der Waals surface area (Å²) in [6, 6.07) is 2.00. The third-order valence-electron chi connectivity index (χ3n) is 1.77. The van der Waals surface area contributed by atoms with Crippen molar-refractivity contribution >= 4 is 5.57 Å². The minimum absolute atomic E-state index is 0.246. The summed E-state index contributed by atoms with van der Waals surface area (Å²) in [7, 11) is 0. The lowest BCUT2D eigenvalue weighted by molar-refractivity contribution is 0.385. The Hall–Kier alpha value is -1.38. The minimum atomic E-state index is -0.624. The van der Waals surface area contributed by atoms with Crippen LogP contribution in [0.1, 0.15) is 5.56 Å². The molecule has 2 rings (SSSR count). The second-order valence-corrected chi connectivity index (χ2v) is 2.65. The molecule has 1 heterocycles. The summed E-state index contributed by atoms with van der Waals surface area (Å²) in [5, 5.41) is 0. The third kappa shape index (κ3) is 0.897. The highest BCUT2D eigenvalue weighted by molar-refractivity contribution is 5.73. The minimum Gasteiger partial charge on any atom is -0.488 e. The molecule has 1 aromatic carbocycles. The molecule has 0 saturated heterocycles. The summed E-state index contributed by atoms with van der Waals surface area (Å²) < 4.78 is 30.6. The predicted molar refractivity (Wildman–Crippen MR) is 40.9 cm³/mol. The Morgan fingerprint density at radius 2 is 2.08 bits per heavy atom. The van der Waals surface area contributed by atoms with Crippen LogP contribution in [0.5, 0.6) is 5.75 Å². The highest BCUT2D eigenvalue weighted by atomic mass is 19.1. The van der Waals surface area contributed by atoms with Crippen LogP contribution in [0.2, 0.25) is 0 Å². The van der Waals surface area contributed by atoms with Crippen molar-refractivity contribution in [3.05, 3.63) is 35.9 Å². The number of ether oxygens (including phenoxy) is 1. The normalized spacial score (nSPS) is 14.3. The summed E-state index contributed by atoms with van der Waals surface area (Å²) in [6.45, 7) is 3.84. The first-order valence-corrected chi connectivity index (χ1v) is 3.48. The van der Waals surface area contributed by atoms with Gasteiger partial charge in [0.05, 0.1) is 5.56 Å². The topological polar surface area (TPSA) is 9.23 Å². The Balaban J connectivity index is 2.68. The van der Waals surface area contributed by atoms with Crippen molar-refractivity contribution in [2.24, 2.45) is 0 Å². The Labute approximate surface area is 68.3 Å². The highest BCUT2D eigenvalue weighted by Crippen LogP contribution is 2.34. The molecule has 0 bridgehead atoms. The monoisotopic (exact) mass is 168 g/mol. The van der Waals surface area contributed by atoms with Crippen LogP contribution in [0.4, 0.5) is 8.78 Å². The van der Waals surface area contributed by atoms with Crippen molar-refractivity contribution in [3.63, 3.8) is 0 Å². The Kier molecular flexibility index (Phi) is 1.40. The molecule has 0 atom stereocenters. The van der Waals surface area contributed by atoms with Gasteiger partial charge in [0.2, 0.25) is 0 Å². The molecular weight excluding hydrogens is 162 g/mol. The molecule has 0 spiro atoms. The van der Waals surface area contributed by atoms with E-state index in [1.54, 1.807) is 0 Å². The maximum absolute atomic E-state index is 13.0. The van der Waals surface area contributed by atoms with E-state index in [9.17, 15) is 8.78 Å². The first-order valence-electron chi connectivity index (χ1n) is 3.48. The maximum atomic E-state index is 13.0. The van der Waals surface area contributed by atoms with E-state index < -0.39 is 11.6 Å². The fourth-order valence-corrected chi connectivity index (χ4v) is 1.24. The van der Waals surface area contributed by atoms with Crippen molar-refractivity contribution in [2.75, 3.05) is 6.61 Å². The molecule has 0 saturated carbocycles.